The molecule has 0 aliphatic carbocycles. The van der Waals surface area contributed by atoms with Gasteiger partial charge in [0.05, 0.1) is 23.5 Å². The Labute approximate surface area is 162 Å². The van der Waals surface area contributed by atoms with Gasteiger partial charge in [-0.2, -0.15) is 0 Å². The monoisotopic (exact) mass is 385 g/mol. The number of nitrogens with one attached hydrogen (secondary N) is 2. The van der Waals surface area contributed by atoms with E-state index in [2.05, 4.69) is 15.6 Å². The Morgan fingerprint density at radius 3 is 2.93 bits per heavy atom. The Balaban J connectivity index is 1.38. The van der Waals surface area contributed by atoms with Crippen molar-refractivity contribution in [2.24, 2.45) is 0 Å². The molecule has 0 spiro atoms. The van der Waals surface area contributed by atoms with Crippen LogP contribution in [0.3, 0.4) is 0 Å². The summed E-state index contributed by atoms with van der Waals surface area (Å²) in [6, 6.07) is 7.30. The zero-order valence-electron chi connectivity index (χ0n) is 15.7. The summed E-state index contributed by atoms with van der Waals surface area (Å²) >= 11 is 0. The molecular weight excluding hydrogens is 362 g/mol. The highest BCUT2D eigenvalue weighted by Gasteiger charge is 2.32. The maximum atomic E-state index is 13.0. The molecule has 0 unspecified atom stereocenters. The number of carbonyl (C=O) groups is 3. The van der Waals surface area contributed by atoms with Crippen molar-refractivity contribution >= 4 is 28.9 Å². The number of likely N-dealkylation sites (tertiary alicyclic amines) is 1. The molecule has 9 heteroatoms. The quantitative estimate of drug-likeness (QED) is 0.795. The lowest BCUT2D eigenvalue weighted by Crippen LogP contribution is -2.41. The van der Waals surface area contributed by atoms with Gasteiger partial charge in [0.1, 0.15) is 6.61 Å². The first kappa shape index (κ1) is 18.3. The minimum atomic E-state index is -0.491. The predicted molar refractivity (Wildman–Crippen MR) is 101 cm³/mol. The molecule has 2 atom stereocenters. The van der Waals surface area contributed by atoms with E-state index >= 15 is 0 Å². The smallest absolute Gasteiger partial charge is 0.407 e. The van der Waals surface area contributed by atoms with Gasteiger partial charge in [0.25, 0.3) is 5.91 Å². The summed E-state index contributed by atoms with van der Waals surface area (Å²) in [6.45, 7) is 3.87. The van der Waals surface area contributed by atoms with Crippen molar-refractivity contribution < 1.29 is 19.1 Å². The van der Waals surface area contributed by atoms with Crippen LogP contribution in [0.4, 0.5) is 4.79 Å². The van der Waals surface area contributed by atoms with Crippen molar-refractivity contribution in [1.29, 1.82) is 0 Å². The van der Waals surface area contributed by atoms with Gasteiger partial charge in [0.2, 0.25) is 5.91 Å². The molecule has 2 aliphatic heterocycles. The molecule has 2 N–H and O–H groups in total. The molecule has 4 rings (SSSR count). The second kappa shape index (κ2) is 7.49. The fourth-order valence-corrected chi connectivity index (χ4v) is 3.81. The zero-order valence-corrected chi connectivity index (χ0v) is 15.7. The number of carbonyl (C=O) groups excluding carboxylic acids is 3. The number of nitrogens with zero attached hydrogens (tertiary/aromatic N) is 3. The number of hydrogen-bond donors (Lipinski definition) is 2. The molecule has 2 fully saturated rings. The van der Waals surface area contributed by atoms with Crippen LogP contribution < -0.4 is 10.6 Å². The molecule has 0 bridgehead atoms. The van der Waals surface area contributed by atoms with Crippen molar-refractivity contribution in [2.45, 2.75) is 38.4 Å². The van der Waals surface area contributed by atoms with Crippen LogP contribution >= 0.6 is 0 Å². The molecule has 2 saturated heterocycles. The number of ether oxygens (including phenoxy) is 1. The van der Waals surface area contributed by atoms with Gasteiger partial charge in [-0.1, -0.05) is 12.1 Å². The van der Waals surface area contributed by atoms with E-state index in [1.807, 2.05) is 35.8 Å². The average Bonchev–Trinajstić information content (AvgIpc) is 3.39. The van der Waals surface area contributed by atoms with Crippen LogP contribution in [-0.4, -0.2) is 64.1 Å². The largest absolute Gasteiger partial charge is 0.447 e. The molecule has 3 amide bonds. The van der Waals surface area contributed by atoms with Crippen LogP contribution in [0.15, 0.2) is 24.3 Å². The second-order valence-corrected chi connectivity index (χ2v) is 7.12. The van der Waals surface area contributed by atoms with Crippen LogP contribution in [0.1, 0.15) is 30.4 Å². The first-order valence-electron chi connectivity index (χ1n) is 9.52. The van der Waals surface area contributed by atoms with Crippen LogP contribution in [0.5, 0.6) is 0 Å². The lowest BCUT2D eigenvalue weighted by molar-refractivity contribution is -0.122. The number of aromatic nitrogens is 2. The third kappa shape index (κ3) is 3.51. The fraction of sp³-hybridized carbons (Fsp3) is 0.474. The first-order chi connectivity index (χ1) is 13.5. The molecule has 2 aliphatic rings. The molecule has 0 radical (unpaired) electrons. The van der Waals surface area contributed by atoms with E-state index in [4.69, 9.17) is 4.74 Å². The molecule has 148 valence electrons. The maximum Gasteiger partial charge on any atom is 0.407 e. The van der Waals surface area contributed by atoms with Crippen molar-refractivity contribution in [3.63, 3.8) is 0 Å². The van der Waals surface area contributed by atoms with Gasteiger partial charge in [0.15, 0.2) is 5.82 Å². The van der Waals surface area contributed by atoms with Crippen LogP contribution in [0, 0.1) is 0 Å². The summed E-state index contributed by atoms with van der Waals surface area (Å²) in [7, 11) is 0. The van der Waals surface area contributed by atoms with Crippen LogP contribution in [0.25, 0.3) is 11.0 Å². The van der Waals surface area contributed by atoms with E-state index in [9.17, 15) is 14.4 Å². The van der Waals surface area contributed by atoms with Gasteiger partial charge in [-0.05, 0) is 25.5 Å². The van der Waals surface area contributed by atoms with E-state index < -0.39 is 6.09 Å². The zero-order chi connectivity index (χ0) is 19.7. The SMILES string of the molecule is CCn1c(C(=O)N2CC[C@@H](NC(=O)C[C@H]3COC(=O)N3)C2)nc2ccccc21. The minimum Gasteiger partial charge on any atom is -0.447 e. The summed E-state index contributed by atoms with van der Waals surface area (Å²) in [5.74, 6) is 0.156. The number of para-hydroxylation sites is 2. The van der Waals surface area contributed by atoms with Crippen molar-refractivity contribution in [1.82, 2.24) is 25.1 Å². The van der Waals surface area contributed by atoms with Crippen LogP contribution in [0.2, 0.25) is 0 Å². The average molecular weight is 385 g/mol. The van der Waals surface area contributed by atoms with Crippen molar-refractivity contribution in [2.75, 3.05) is 19.7 Å². The molecule has 28 heavy (non-hydrogen) atoms. The Morgan fingerprint density at radius 1 is 1.36 bits per heavy atom. The second-order valence-electron chi connectivity index (χ2n) is 7.12. The highest BCUT2D eigenvalue weighted by Crippen LogP contribution is 2.19. The van der Waals surface area contributed by atoms with Gasteiger partial charge in [-0.25, -0.2) is 9.78 Å². The third-order valence-corrected chi connectivity index (χ3v) is 5.17. The minimum absolute atomic E-state index is 0.103. The Hall–Kier alpha value is -3.10. The standard InChI is InChI=1S/C19H23N5O4/c1-2-24-15-6-4-3-5-14(15)22-17(24)18(26)23-8-7-12(10-23)20-16(25)9-13-11-28-19(27)21-13/h3-6,12-13H,2,7-11H2,1H3,(H,20,25)(H,21,27)/t12-,13+/m1/s1. The summed E-state index contributed by atoms with van der Waals surface area (Å²) < 4.78 is 6.71. The molecule has 0 saturated carbocycles. The molecule has 2 aromatic rings. The first-order valence-corrected chi connectivity index (χ1v) is 9.52. The van der Waals surface area contributed by atoms with Crippen LogP contribution in [-0.2, 0) is 16.1 Å². The lowest BCUT2D eigenvalue weighted by Gasteiger charge is -2.18. The Bertz CT molecular complexity index is 924. The van der Waals surface area contributed by atoms with E-state index in [0.29, 0.717) is 31.9 Å². The maximum absolute atomic E-state index is 13.0. The van der Waals surface area contributed by atoms with Gasteiger partial charge < -0.3 is 24.8 Å². The van der Waals surface area contributed by atoms with Gasteiger partial charge >= 0.3 is 6.09 Å². The number of rotatable bonds is 5. The fourth-order valence-electron chi connectivity index (χ4n) is 3.81. The van der Waals surface area contributed by atoms with E-state index in [-0.39, 0.29) is 36.9 Å². The highest BCUT2D eigenvalue weighted by molar-refractivity contribution is 5.95. The number of alkyl carbamates (subject to hydrolysis) is 1. The summed E-state index contributed by atoms with van der Waals surface area (Å²) in [6.07, 6.45) is 0.369. The molecule has 1 aromatic carbocycles. The van der Waals surface area contributed by atoms with Gasteiger partial charge in [-0.3, -0.25) is 9.59 Å². The Morgan fingerprint density at radius 2 is 2.18 bits per heavy atom. The normalized spacial score (nSPS) is 21.6. The predicted octanol–water partition coefficient (Wildman–Crippen LogP) is 0.885. The highest BCUT2D eigenvalue weighted by atomic mass is 16.6. The molecule has 3 heterocycles. The number of aryl methyl sites for hydroxylation is 1. The lowest BCUT2D eigenvalue weighted by atomic mass is 10.2. The number of benzene rings is 1. The summed E-state index contributed by atoms with van der Waals surface area (Å²) in [4.78, 5) is 42.5. The van der Waals surface area contributed by atoms with Gasteiger partial charge in [0, 0.05) is 25.7 Å². The topological polar surface area (TPSA) is 106 Å². The van der Waals surface area contributed by atoms with Crippen molar-refractivity contribution in [3.8, 4) is 0 Å². The Kier molecular flexibility index (Phi) is 4.89. The summed E-state index contributed by atoms with van der Waals surface area (Å²) in [5.41, 5.74) is 1.75. The summed E-state index contributed by atoms with van der Waals surface area (Å²) in [5, 5.41) is 5.53. The number of cyclic esters (lactones) is 1. The molecule has 9 nitrogen and oxygen atoms in total. The number of imidazole rings is 1. The van der Waals surface area contributed by atoms with E-state index in [0.717, 1.165) is 11.0 Å². The van der Waals surface area contributed by atoms with Crippen molar-refractivity contribution in [3.05, 3.63) is 30.1 Å². The van der Waals surface area contributed by atoms with E-state index in [1.54, 1.807) is 4.90 Å². The molecular formula is C19H23N5O4. The molecule has 1 aromatic heterocycles. The number of amides is 3. The number of fused-ring (bicyclic) bond motifs is 1. The number of hydrogen-bond acceptors (Lipinski definition) is 5. The van der Waals surface area contributed by atoms with E-state index in [1.165, 1.54) is 0 Å². The third-order valence-electron chi connectivity index (χ3n) is 5.17. The van der Waals surface area contributed by atoms with Gasteiger partial charge in [-0.15, -0.1) is 0 Å².